The molecule has 0 saturated carbocycles. The van der Waals surface area contributed by atoms with Gasteiger partial charge in [-0.25, -0.2) is 9.78 Å². The van der Waals surface area contributed by atoms with Gasteiger partial charge >= 0.3 is 5.97 Å². The van der Waals surface area contributed by atoms with E-state index in [0.717, 1.165) is 38.8 Å². The summed E-state index contributed by atoms with van der Waals surface area (Å²) in [5.74, 6) is -1.14. The molecular formula is C16H22N2O3. The molecule has 1 aromatic heterocycles. The number of aromatic nitrogens is 1. The van der Waals surface area contributed by atoms with Crippen LogP contribution < -0.4 is 0 Å². The van der Waals surface area contributed by atoms with E-state index in [-0.39, 0.29) is 17.0 Å². The Balaban J connectivity index is 2.10. The van der Waals surface area contributed by atoms with Crippen molar-refractivity contribution in [1.29, 1.82) is 0 Å². The Labute approximate surface area is 125 Å². The number of carbonyl (C=O) groups is 2. The third-order valence-electron chi connectivity index (χ3n) is 4.15. The SMILES string of the molecule is CCCC1(C)CCCN(C(=O)c2ccc(C(=O)O)nc2)C1. The topological polar surface area (TPSA) is 70.5 Å². The van der Waals surface area contributed by atoms with Crippen LogP contribution in [-0.2, 0) is 0 Å². The quantitative estimate of drug-likeness (QED) is 0.925. The Bertz CT molecular complexity index is 523. The average molecular weight is 290 g/mol. The molecule has 2 heterocycles. The molecule has 0 aliphatic carbocycles. The van der Waals surface area contributed by atoms with Crippen LogP contribution >= 0.6 is 0 Å². The molecule has 0 aromatic carbocycles. The van der Waals surface area contributed by atoms with Crippen molar-refractivity contribution in [3.05, 3.63) is 29.6 Å². The molecule has 1 atom stereocenters. The number of carboxylic acids is 1. The minimum Gasteiger partial charge on any atom is -0.477 e. The Hall–Kier alpha value is -1.91. The van der Waals surface area contributed by atoms with Crippen LogP contribution in [0.5, 0.6) is 0 Å². The summed E-state index contributed by atoms with van der Waals surface area (Å²) in [6, 6.07) is 2.93. The fourth-order valence-corrected chi connectivity index (χ4v) is 3.13. The monoisotopic (exact) mass is 290 g/mol. The van der Waals surface area contributed by atoms with Crippen LogP contribution in [-0.4, -0.2) is 40.0 Å². The number of nitrogens with zero attached hydrogens (tertiary/aromatic N) is 2. The highest BCUT2D eigenvalue weighted by molar-refractivity contribution is 5.95. The van der Waals surface area contributed by atoms with E-state index in [2.05, 4.69) is 18.8 Å². The van der Waals surface area contributed by atoms with Crippen molar-refractivity contribution in [2.75, 3.05) is 13.1 Å². The lowest BCUT2D eigenvalue weighted by Crippen LogP contribution is -2.44. The van der Waals surface area contributed by atoms with Crippen molar-refractivity contribution >= 4 is 11.9 Å². The molecule has 1 saturated heterocycles. The van der Waals surface area contributed by atoms with E-state index >= 15 is 0 Å². The maximum atomic E-state index is 12.5. The second kappa shape index (κ2) is 6.24. The molecular weight excluding hydrogens is 268 g/mol. The minimum absolute atomic E-state index is 0.0407. The number of carboxylic acid groups (broad SMARTS) is 1. The second-order valence-corrected chi connectivity index (χ2v) is 6.13. The van der Waals surface area contributed by atoms with Crippen LogP contribution in [0.15, 0.2) is 18.3 Å². The van der Waals surface area contributed by atoms with Crippen LogP contribution in [0.25, 0.3) is 0 Å². The largest absolute Gasteiger partial charge is 0.477 e. The maximum Gasteiger partial charge on any atom is 0.354 e. The number of amides is 1. The number of pyridine rings is 1. The fourth-order valence-electron chi connectivity index (χ4n) is 3.13. The Kier molecular flexibility index (Phi) is 4.60. The first-order valence-corrected chi connectivity index (χ1v) is 7.44. The summed E-state index contributed by atoms with van der Waals surface area (Å²) in [6.45, 7) is 5.93. The summed E-state index contributed by atoms with van der Waals surface area (Å²) in [7, 11) is 0. The van der Waals surface area contributed by atoms with Gasteiger partial charge in [-0.3, -0.25) is 4.79 Å². The molecule has 1 N–H and O–H groups in total. The van der Waals surface area contributed by atoms with Gasteiger partial charge in [0.1, 0.15) is 5.69 Å². The highest BCUT2D eigenvalue weighted by Crippen LogP contribution is 2.34. The zero-order valence-corrected chi connectivity index (χ0v) is 12.6. The molecule has 2 rings (SSSR count). The van der Waals surface area contributed by atoms with Crippen LogP contribution in [0.3, 0.4) is 0 Å². The molecule has 1 amide bonds. The third kappa shape index (κ3) is 3.60. The van der Waals surface area contributed by atoms with Gasteiger partial charge in [-0.15, -0.1) is 0 Å². The number of hydrogen-bond acceptors (Lipinski definition) is 3. The first-order valence-electron chi connectivity index (χ1n) is 7.44. The van der Waals surface area contributed by atoms with E-state index in [9.17, 15) is 9.59 Å². The molecule has 0 spiro atoms. The van der Waals surface area contributed by atoms with Crippen molar-refractivity contribution < 1.29 is 14.7 Å². The van der Waals surface area contributed by atoms with Gasteiger partial charge in [-0.2, -0.15) is 0 Å². The van der Waals surface area contributed by atoms with E-state index in [4.69, 9.17) is 5.11 Å². The Morgan fingerprint density at radius 1 is 1.43 bits per heavy atom. The number of aromatic carboxylic acids is 1. The van der Waals surface area contributed by atoms with Crippen molar-refractivity contribution in [3.8, 4) is 0 Å². The molecule has 21 heavy (non-hydrogen) atoms. The van der Waals surface area contributed by atoms with Gasteiger partial charge in [-0.1, -0.05) is 20.3 Å². The number of piperidine rings is 1. The molecule has 0 radical (unpaired) electrons. The normalized spacial score (nSPS) is 22.1. The maximum absolute atomic E-state index is 12.5. The second-order valence-electron chi connectivity index (χ2n) is 6.13. The van der Waals surface area contributed by atoms with Gasteiger partial charge in [0.25, 0.3) is 5.91 Å². The predicted molar refractivity (Wildman–Crippen MR) is 79.3 cm³/mol. The average Bonchev–Trinajstić information content (AvgIpc) is 2.46. The van der Waals surface area contributed by atoms with Gasteiger partial charge in [0.2, 0.25) is 0 Å². The summed E-state index contributed by atoms with van der Waals surface area (Å²) in [6.07, 6.45) is 5.77. The number of rotatable bonds is 4. The lowest BCUT2D eigenvalue weighted by atomic mass is 9.78. The number of hydrogen-bond donors (Lipinski definition) is 1. The lowest BCUT2D eigenvalue weighted by Gasteiger charge is -2.40. The molecule has 1 aliphatic rings. The molecule has 1 fully saturated rings. The van der Waals surface area contributed by atoms with Gasteiger partial charge in [0, 0.05) is 19.3 Å². The van der Waals surface area contributed by atoms with Crippen molar-refractivity contribution in [2.45, 2.75) is 39.5 Å². The Morgan fingerprint density at radius 2 is 2.19 bits per heavy atom. The van der Waals surface area contributed by atoms with E-state index in [1.54, 1.807) is 6.07 Å². The van der Waals surface area contributed by atoms with Crippen molar-refractivity contribution in [3.63, 3.8) is 0 Å². The first-order chi connectivity index (χ1) is 9.95. The summed E-state index contributed by atoms with van der Waals surface area (Å²) < 4.78 is 0. The lowest BCUT2D eigenvalue weighted by molar-refractivity contribution is 0.0529. The highest BCUT2D eigenvalue weighted by Gasteiger charge is 2.32. The van der Waals surface area contributed by atoms with E-state index in [1.807, 2.05) is 4.90 Å². The number of carbonyl (C=O) groups excluding carboxylic acids is 1. The number of likely N-dealkylation sites (tertiary alicyclic amines) is 1. The van der Waals surface area contributed by atoms with Gasteiger partial charge in [0.15, 0.2) is 0 Å². The smallest absolute Gasteiger partial charge is 0.354 e. The van der Waals surface area contributed by atoms with Crippen molar-refractivity contribution in [1.82, 2.24) is 9.88 Å². The van der Waals surface area contributed by atoms with Crippen LogP contribution in [0.2, 0.25) is 0 Å². The molecule has 1 aromatic rings. The molecule has 5 heteroatoms. The third-order valence-corrected chi connectivity index (χ3v) is 4.15. The molecule has 114 valence electrons. The zero-order chi connectivity index (χ0) is 15.5. The van der Waals surface area contributed by atoms with Crippen LogP contribution in [0.4, 0.5) is 0 Å². The van der Waals surface area contributed by atoms with Gasteiger partial charge in [-0.05, 0) is 36.8 Å². The standard InChI is InChI=1S/C16H22N2O3/c1-3-7-16(2)8-4-9-18(11-16)14(19)12-5-6-13(15(20)21)17-10-12/h5-6,10H,3-4,7-9,11H2,1-2H3,(H,20,21). The van der Waals surface area contributed by atoms with E-state index in [1.165, 1.54) is 12.3 Å². The molecule has 5 nitrogen and oxygen atoms in total. The Morgan fingerprint density at radius 3 is 2.76 bits per heavy atom. The highest BCUT2D eigenvalue weighted by atomic mass is 16.4. The van der Waals surface area contributed by atoms with Gasteiger partial charge < -0.3 is 10.0 Å². The molecule has 1 unspecified atom stereocenters. The van der Waals surface area contributed by atoms with Gasteiger partial charge in [0.05, 0.1) is 5.56 Å². The fraction of sp³-hybridized carbons (Fsp3) is 0.562. The molecule has 0 bridgehead atoms. The van der Waals surface area contributed by atoms with E-state index in [0.29, 0.717) is 5.56 Å². The van der Waals surface area contributed by atoms with Crippen LogP contribution in [0.1, 0.15) is 60.4 Å². The zero-order valence-electron chi connectivity index (χ0n) is 12.6. The summed E-state index contributed by atoms with van der Waals surface area (Å²) >= 11 is 0. The minimum atomic E-state index is -1.08. The predicted octanol–water partition coefficient (Wildman–Crippen LogP) is 2.82. The summed E-state index contributed by atoms with van der Waals surface area (Å²) in [4.78, 5) is 29.0. The summed E-state index contributed by atoms with van der Waals surface area (Å²) in [5.41, 5.74) is 0.610. The summed E-state index contributed by atoms with van der Waals surface area (Å²) in [5, 5.41) is 8.83. The first kappa shape index (κ1) is 15.5. The van der Waals surface area contributed by atoms with Crippen LogP contribution in [0, 0.1) is 5.41 Å². The molecule has 1 aliphatic heterocycles. The van der Waals surface area contributed by atoms with Crippen molar-refractivity contribution in [2.24, 2.45) is 5.41 Å². The van der Waals surface area contributed by atoms with E-state index < -0.39 is 5.97 Å².